The highest BCUT2D eigenvalue weighted by Gasteiger charge is 2.07. The zero-order chi connectivity index (χ0) is 19.1. The predicted molar refractivity (Wildman–Crippen MR) is 110 cm³/mol. The summed E-state index contributed by atoms with van der Waals surface area (Å²) in [6.07, 6.45) is 5.03. The molecule has 3 aromatic rings. The minimum absolute atomic E-state index is 0.321. The highest BCUT2D eigenvalue weighted by molar-refractivity contribution is 5.90. The largest absolute Gasteiger partial charge is 0.496 e. The number of carboxylic acids is 1. The first-order chi connectivity index (χ1) is 13.2. The SMILES string of the molecule is CO/C(=C/C(=O)O)c1ccccc1/C=C\c1ccc(-c2ccccc2)cc1. The van der Waals surface area contributed by atoms with E-state index in [4.69, 9.17) is 9.84 Å². The monoisotopic (exact) mass is 356 g/mol. The van der Waals surface area contributed by atoms with Crippen molar-refractivity contribution in [3.05, 3.63) is 102 Å². The Hall–Kier alpha value is -3.59. The number of carboxylic acid groups (broad SMARTS) is 1. The van der Waals surface area contributed by atoms with E-state index in [1.54, 1.807) is 0 Å². The molecular weight excluding hydrogens is 336 g/mol. The van der Waals surface area contributed by atoms with Gasteiger partial charge in [-0.1, -0.05) is 91.0 Å². The molecule has 27 heavy (non-hydrogen) atoms. The average Bonchev–Trinajstić information content (AvgIpc) is 2.72. The van der Waals surface area contributed by atoms with Crippen LogP contribution in [0, 0.1) is 0 Å². The molecule has 3 nitrogen and oxygen atoms in total. The number of benzene rings is 3. The van der Waals surface area contributed by atoms with E-state index in [2.05, 4.69) is 36.4 Å². The lowest BCUT2D eigenvalue weighted by Gasteiger charge is -2.09. The summed E-state index contributed by atoms with van der Waals surface area (Å²) in [5.41, 5.74) is 5.03. The van der Waals surface area contributed by atoms with Gasteiger partial charge in [0.2, 0.25) is 0 Å². The Kier molecular flexibility index (Phi) is 5.85. The average molecular weight is 356 g/mol. The van der Waals surface area contributed by atoms with Gasteiger partial charge in [-0.25, -0.2) is 4.79 Å². The predicted octanol–water partition coefficient (Wildman–Crippen LogP) is 5.60. The van der Waals surface area contributed by atoms with Gasteiger partial charge in [-0.15, -0.1) is 0 Å². The van der Waals surface area contributed by atoms with Gasteiger partial charge in [-0.2, -0.15) is 0 Å². The molecule has 0 saturated heterocycles. The van der Waals surface area contributed by atoms with Gasteiger partial charge in [-0.3, -0.25) is 0 Å². The maximum atomic E-state index is 11.0. The number of ether oxygens (including phenoxy) is 1. The molecule has 3 aromatic carbocycles. The van der Waals surface area contributed by atoms with Crippen molar-refractivity contribution in [3.8, 4) is 11.1 Å². The smallest absolute Gasteiger partial charge is 0.332 e. The number of carbonyl (C=O) groups is 1. The van der Waals surface area contributed by atoms with Crippen LogP contribution in [0.3, 0.4) is 0 Å². The van der Waals surface area contributed by atoms with E-state index in [0.717, 1.165) is 22.8 Å². The number of aliphatic carboxylic acids is 1. The molecule has 0 fully saturated rings. The summed E-state index contributed by atoms with van der Waals surface area (Å²) in [5, 5.41) is 9.02. The van der Waals surface area contributed by atoms with Gasteiger partial charge >= 0.3 is 5.97 Å². The summed E-state index contributed by atoms with van der Waals surface area (Å²) < 4.78 is 5.25. The standard InChI is InChI=1S/C24H20O3/c1-27-23(17-24(25)26)22-10-6-5-9-21(22)16-13-18-11-14-20(15-12-18)19-7-3-2-4-8-19/h2-17H,1H3,(H,25,26)/b16-13-,23-17+. The fraction of sp³-hybridized carbons (Fsp3) is 0.0417. The summed E-state index contributed by atoms with van der Waals surface area (Å²) in [4.78, 5) is 11.0. The normalized spacial score (nSPS) is 11.5. The molecule has 134 valence electrons. The molecule has 1 N–H and O–H groups in total. The van der Waals surface area contributed by atoms with Gasteiger partial charge in [0.05, 0.1) is 13.2 Å². The van der Waals surface area contributed by atoms with Crippen LogP contribution in [0.5, 0.6) is 0 Å². The maximum absolute atomic E-state index is 11.0. The Morgan fingerprint density at radius 1 is 0.815 bits per heavy atom. The van der Waals surface area contributed by atoms with Crippen molar-refractivity contribution >= 4 is 23.9 Å². The number of methoxy groups -OCH3 is 1. The van der Waals surface area contributed by atoms with E-state index < -0.39 is 5.97 Å². The van der Waals surface area contributed by atoms with Crippen LogP contribution in [0.4, 0.5) is 0 Å². The minimum Gasteiger partial charge on any atom is -0.496 e. The third kappa shape index (κ3) is 4.73. The molecule has 3 rings (SSSR count). The van der Waals surface area contributed by atoms with E-state index >= 15 is 0 Å². The molecule has 0 amide bonds. The highest BCUT2D eigenvalue weighted by Crippen LogP contribution is 2.23. The third-order valence-corrected chi connectivity index (χ3v) is 4.17. The highest BCUT2D eigenvalue weighted by atomic mass is 16.5. The lowest BCUT2D eigenvalue weighted by molar-refractivity contribution is -0.131. The third-order valence-electron chi connectivity index (χ3n) is 4.17. The van der Waals surface area contributed by atoms with Crippen LogP contribution < -0.4 is 0 Å². The van der Waals surface area contributed by atoms with Crippen molar-refractivity contribution in [1.29, 1.82) is 0 Å². The Morgan fingerprint density at radius 2 is 1.44 bits per heavy atom. The molecule has 3 heteroatoms. The van der Waals surface area contributed by atoms with Crippen LogP contribution in [0.1, 0.15) is 16.7 Å². The molecule has 0 aliphatic rings. The molecule has 0 aliphatic carbocycles. The summed E-state index contributed by atoms with van der Waals surface area (Å²) in [6.45, 7) is 0. The van der Waals surface area contributed by atoms with E-state index in [1.165, 1.54) is 18.2 Å². The van der Waals surface area contributed by atoms with Crippen LogP contribution in [-0.2, 0) is 9.53 Å². The lowest BCUT2D eigenvalue weighted by atomic mass is 10.0. The van der Waals surface area contributed by atoms with E-state index in [9.17, 15) is 4.79 Å². The van der Waals surface area contributed by atoms with Gasteiger partial charge in [0, 0.05) is 5.56 Å². The van der Waals surface area contributed by atoms with Crippen molar-refractivity contribution in [3.63, 3.8) is 0 Å². The van der Waals surface area contributed by atoms with Gasteiger partial charge in [0.1, 0.15) is 5.76 Å². The van der Waals surface area contributed by atoms with Crippen molar-refractivity contribution < 1.29 is 14.6 Å². The lowest BCUT2D eigenvalue weighted by Crippen LogP contribution is -1.96. The number of hydrogen-bond donors (Lipinski definition) is 1. The van der Waals surface area contributed by atoms with Crippen molar-refractivity contribution in [2.45, 2.75) is 0 Å². The zero-order valence-corrected chi connectivity index (χ0v) is 15.0. The van der Waals surface area contributed by atoms with E-state index in [-0.39, 0.29) is 0 Å². The first kappa shape index (κ1) is 18.2. The summed E-state index contributed by atoms with van der Waals surface area (Å²) in [7, 11) is 1.47. The topological polar surface area (TPSA) is 46.5 Å². The van der Waals surface area contributed by atoms with Crippen LogP contribution in [0.2, 0.25) is 0 Å². The second kappa shape index (κ2) is 8.68. The summed E-state index contributed by atoms with van der Waals surface area (Å²) in [6, 6.07) is 26.1. The molecule has 0 atom stereocenters. The summed E-state index contributed by atoms with van der Waals surface area (Å²) >= 11 is 0. The van der Waals surface area contributed by atoms with Gasteiger partial charge < -0.3 is 9.84 Å². The van der Waals surface area contributed by atoms with Gasteiger partial charge in [-0.05, 0) is 22.3 Å². The zero-order valence-electron chi connectivity index (χ0n) is 15.0. The van der Waals surface area contributed by atoms with Gasteiger partial charge in [0.15, 0.2) is 0 Å². The molecule has 0 radical (unpaired) electrons. The molecule has 0 aromatic heterocycles. The Balaban J connectivity index is 1.86. The quantitative estimate of drug-likeness (QED) is 0.355. The molecule has 0 heterocycles. The van der Waals surface area contributed by atoms with Crippen molar-refractivity contribution in [1.82, 2.24) is 0 Å². The van der Waals surface area contributed by atoms with Crippen LogP contribution in [-0.4, -0.2) is 18.2 Å². The fourth-order valence-electron chi connectivity index (χ4n) is 2.83. The first-order valence-electron chi connectivity index (χ1n) is 8.59. The first-order valence-corrected chi connectivity index (χ1v) is 8.59. The van der Waals surface area contributed by atoms with Crippen LogP contribution >= 0.6 is 0 Å². The Bertz CT molecular complexity index is 968. The fourth-order valence-corrected chi connectivity index (χ4v) is 2.83. The molecule has 0 bridgehead atoms. The Labute approximate surface area is 158 Å². The summed E-state index contributed by atoms with van der Waals surface area (Å²) in [5.74, 6) is -0.718. The number of hydrogen-bond acceptors (Lipinski definition) is 2. The van der Waals surface area contributed by atoms with Gasteiger partial charge in [0.25, 0.3) is 0 Å². The molecule has 0 spiro atoms. The molecule has 0 unspecified atom stereocenters. The van der Waals surface area contributed by atoms with Crippen molar-refractivity contribution in [2.75, 3.05) is 7.11 Å². The minimum atomic E-state index is -1.04. The van der Waals surface area contributed by atoms with E-state index in [1.807, 2.05) is 54.6 Å². The van der Waals surface area contributed by atoms with Crippen molar-refractivity contribution in [2.24, 2.45) is 0 Å². The second-order valence-electron chi connectivity index (χ2n) is 5.96. The number of rotatable bonds is 6. The Morgan fingerprint density at radius 3 is 2.11 bits per heavy atom. The second-order valence-corrected chi connectivity index (χ2v) is 5.96. The molecule has 0 aliphatic heterocycles. The van der Waals surface area contributed by atoms with Crippen LogP contribution in [0.25, 0.3) is 29.0 Å². The van der Waals surface area contributed by atoms with E-state index in [0.29, 0.717) is 5.76 Å². The molecule has 0 saturated carbocycles. The van der Waals surface area contributed by atoms with Crippen LogP contribution in [0.15, 0.2) is 84.9 Å². The maximum Gasteiger partial charge on any atom is 0.332 e. The molecular formula is C24H20O3.